The third-order valence-electron chi connectivity index (χ3n) is 24.8. The van der Waals surface area contributed by atoms with Crippen molar-refractivity contribution >= 4 is 147 Å². The van der Waals surface area contributed by atoms with Crippen LogP contribution < -0.4 is 26.2 Å². The molecule has 0 amide bonds. The number of nitrogens with zero attached hydrogens (tertiary/aromatic N) is 4. The molecule has 0 spiro atoms. The van der Waals surface area contributed by atoms with Crippen LogP contribution in [0.5, 0.6) is 0 Å². The second-order valence-corrected chi connectivity index (χ2v) is 39.7. The molecule has 0 bridgehead atoms. The molecule has 0 saturated heterocycles. The van der Waals surface area contributed by atoms with Gasteiger partial charge < -0.3 is 0 Å². The maximum absolute atomic E-state index is 12.3. The molecule has 0 unspecified atom stereocenters. The van der Waals surface area contributed by atoms with Gasteiger partial charge in [-0.05, 0) is 22.3 Å². The summed E-state index contributed by atoms with van der Waals surface area (Å²) in [5.74, 6) is 0. The van der Waals surface area contributed by atoms with E-state index in [4.69, 9.17) is 2.74 Å². The van der Waals surface area contributed by atoms with Crippen molar-refractivity contribution in [3.63, 3.8) is 0 Å². The maximum atomic E-state index is 12.3. The Kier molecular flexibility index (Phi) is 13.4. The van der Waals surface area contributed by atoms with Crippen LogP contribution in [-0.4, -0.2) is 44.9 Å². The Labute approximate surface area is 774 Å². The molecule has 0 N–H and O–H groups in total. The van der Waals surface area contributed by atoms with Crippen molar-refractivity contribution in [2.24, 2.45) is 0 Å². The first kappa shape index (κ1) is 56.3. The zero-order chi connectivity index (χ0) is 103. The predicted octanol–water partition coefficient (Wildman–Crippen LogP) is 29.6. The van der Waals surface area contributed by atoms with Crippen LogP contribution in [0, 0.1) is 0 Å². The average molecular weight is 1760 g/mol. The van der Waals surface area contributed by atoms with Crippen LogP contribution in [0.4, 0.5) is 34.1 Å². The number of fused-ring (bicyclic) bond motifs is 14. The topological polar surface area (TPSA) is 16.3 Å². The number of aromatic nitrogens is 2. The minimum absolute atomic E-state index is 0.0135. The van der Waals surface area contributed by atoms with Crippen molar-refractivity contribution in [2.45, 2.75) is 78.6 Å². The third kappa shape index (κ3) is 12.8. The summed E-state index contributed by atoms with van der Waals surface area (Å²) in [6, 6.07) is 73.3. The van der Waals surface area contributed by atoms with Crippen molar-refractivity contribution in [2.75, 3.05) is 9.80 Å². The number of rotatable bonds is 12. The second-order valence-electron chi connectivity index (χ2n) is 35.5. The molecule has 2 aliphatic rings. The molecule has 0 saturated carbocycles. The fourth-order valence-electron chi connectivity index (χ4n) is 18.4. The molecule has 17 aromatic carbocycles. The number of hydrogen-bond donors (Lipinski definition) is 0. The molecule has 2 aliphatic heterocycles. The fourth-order valence-corrected chi connectivity index (χ4v) is 23.1. The van der Waals surface area contributed by atoms with Crippen LogP contribution in [0.1, 0.15) is 109 Å². The van der Waals surface area contributed by atoms with Crippen molar-refractivity contribution in [3.05, 3.63) is 404 Å². The number of anilines is 6. The van der Waals surface area contributed by atoms with Gasteiger partial charge >= 0.3 is 636 Å². The van der Waals surface area contributed by atoms with E-state index in [2.05, 4.69) is 196 Å². The zero-order valence-corrected chi connectivity index (χ0v) is 73.4. The van der Waals surface area contributed by atoms with Gasteiger partial charge in [0.15, 0.2) is 0 Å². The van der Waals surface area contributed by atoms with Crippen molar-refractivity contribution < 1.29 is 30.2 Å². The molecule has 23 rings (SSSR count). The second kappa shape index (κ2) is 29.6. The summed E-state index contributed by atoms with van der Waals surface area (Å²) in [7, 11) is 0. The van der Waals surface area contributed by atoms with Crippen LogP contribution in [-0.2, 0) is 16.2 Å². The Hall–Kier alpha value is -13.5. The molecule has 6 heterocycles. The minimum atomic E-state index is -1.64. The number of hydrogen-bond acceptors (Lipinski definition) is 2. The SMILES string of the molecule is [2H]c1c([2H])c(-n2c3[se]c4c([2H])c([2H])c([2H])c([2H])c4c3c3c([2H])c([2H])c([2H])c([2H])c32)c([2H])c2c1B1c3c(cc(C(C)(C)C)cc3N(c3c(-c4ccc(-c5ccccc5)cc4)cc(C(C)(C)C)cc3-c3ccc(-c4ccccc4)cc3)c3c([2H])c(-n4c5[se]c6c([2H])c([2H])c([2H])c([2H])c6c5c5c([2H])c([2H])c([2H])c([2H])c54)c([2H])c([2H])c31)N2c1c(-c2ccc(-c3ccccc3)cc2)cc(C(C)(C)C)cc1-c1ccc(-c2ccccc2)cc1. The van der Waals surface area contributed by atoms with Gasteiger partial charge in [-0.3, -0.25) is 0 Å². The van der Waals surface area contributed by atoms with Gasteiger partial charge in [0.05, 0.1) is 0 Å². The number of benzene rings is 17. The van der Waals surface area contributed by atoms with E-state index < -0.39 is 173 Å². The van der Waals surface area contributed by atoms with Crippen LogP contribution in [0.15, 0.2) is 388 Å². The van der Waals surface area contributed by atoms with Gasteiger partial charge in [-0.25, -0.2) is 0 Å². The molecule has 4 aromatic heterocycles. The summed E-state index contributed by atoms with van der Waals surface area (Å²) in [4.78, 5) is 4.02. The molecular formula is C118H91BN4Se2. The summed E-state index contributed by atoms with van der Waals surface area (Å²) >= 11 is -2.52. The van der Waals surface area contributed by atoms with Crippen molar-refractivity contribution in [3.8, 4) is 100 Å². The Morgan fingerprint density at radius 2 is 0.544 bits per heavy atom. The first-order valence-electron chi connectivity index (χ1n) is 53.0. The molecular weight excluding hydrogens is 1640 g/mol. The quantitative estimate of drug-likeness (QED) is 0.113. The monoisotopic (exact) mass is 1760 g/mol. The van der Waals surface area contributed by atoms with Gasteiger partial charge in [-0.2, -0.15) is 0 Å². The zero-order valence-electron chi connectivity index (χ0n) is 91.9. The normalized spacial score (nSPS) is 15.3. The van der Waals surface area contributed by atoms with E-state index in [9.17, 15) is 27.4 Å². The van der Waals surface area contributed by atoms with Gasteiger partial charge in [0, 0.05) is 0 Å². The van der Waals surface area contributed by atoms with Crippen molar-refractivity contribution in [1.82, 2.24) is 9.13 Å². The van der Waals surface area contributed by atoms with Crippen LogP contribution in [0.3, 0.4) is 0 Å². The van der Waals surface area contributed by atoms with E-state index in [-0.39, 0.29) is 106 Å². The van der Waals surface area contributed by atoms with Gasteiger partial charge in [0.2, 0.25) is 0 Å². The first-order valence-corrected chi connectivity index (χ1v) is 45.4. The standard InChI is InChI=1S/C118H91BN4Se2/c1-116(2,3)86-66-95(82-54-46-78(47-55-82)74-30-14-10-15-31-74)112(96(67-86)83-56-48-79(49-57-83)75-32-16-11-17-33-75)122-103-72-89(120-101-42-26-22-38-91(101)109-93-40-24-28-44-107(93)124-114(109)120)62-64-99(103)119-100-65-63-90(121-102-43-27-23-39-92(102)110-94-41-25-29-45-108(94)125-115(110)121)73-104(100)123(106-71-88(118(7,8)9)70-105(122)111(106)119)113-97(84-58-50-80(51-59-84)76-34-18-12-19-35-76)68-87(117(4,5)6)69-98(113)85-60-52-81(53-61-85)77-36-20-13-21-37-77/h10-73H,1-9H3/i22D,23D,24D,25D,26D,27D,28D,29D,38D,39D,40D,41D,42D,43D,44D,45D,62D,63D,64D,65D,72D,73D. The molecule has 0 radical (unpaired) electrons. The Morgan fingerprint density at radius 1 is 0.272 bits per heavy atom. The average Bonchev–Trinajstić information content (AvgIpc) is 1.59. The first-order chi connectivity index (χ1) is 70.1. The summed E-state index contributed by atoms with van der Waals surface area (Å²) in [5, 5.41) is -0.231. The summed E-state index contributed by atoms with van der Waals surface area (Å²) in [6.07, 6.45) is 0. The third-order valence-corrected chi connectivity index (χ3v) is 29.4. The number of para-hydroxylation sites is 2. The van der Waals surface area contributed by atoms with Crippen molar-refractivity contribution in [1.29, 1.82) is 0 Å². The van der Waals surface area contributed by atoms with Gasteiger partial charge in [-0.15, -0.1) is 0 Å². The van der Waals surface area contributed by atoms with E-state index in [1.54, 1.807) is 0 Å². The molecule has 7 heteroatoms. The van der Waals surface area contributed by atoms with E-state index in [0.29, 0.717) is 78.3 Å². The van der Waals surface area contributed by atoms with E-state index in [1.165, 1.54) is 9.13 Å². The Morgan fingerprint density at radius 3 is 0.856 bits per heavy atom. The van der Waals surface area contributed by atoms with Crippen LogP contribution in [0.25, 0.3) is 161 Å². The van der Waals surface area contributed by atoms with E-state index >= 15 is 0 Å². The molecule has 0 fully saturated rings. The van der Waals surface area contributed by atoms with Gasteiger partial charge in [0.25, 0.3) is 0 Å². The predicted molar refractivity (Wildman–Crippen MR) is 538 cm³/mol. The van der Waals surface area contributed by atoms with E-state index in [0.717, 1.165) is 55.6 Å². The molecule has 0 aliphatic carbocycles. The molecule has 125 heavy (non-hydrogen) atoms. The molecule has 4 nitrogen and oxygen atoms in total. The Bertz CT molecular complexity index is 8540. The van der Waals surface area contributed by atoms with E-state index in [1.807, 2.05) is 131 Å². The van der Waals surface area contributed by atoms with Gasteiger partial charge in [-0.1, -0.05) is 121 Å². The summed E-state index contributed by atoms with van der Waals surface area (Å²) in [5.41, 5.74) is 13.1. The van der Waals surface area contributed by atoms with Crippen LogP contribution >= 0.6 is 0 Å². The fraction of sp³-hybridized carbons (Fsp3) is 0.102. The Balaban J connectivity index is 0.962. The van der Waals surface area contributed by atoms with Crippen LogP contribution in [0.2, 0.25) is 0 Å². The molecule has 598 valence electrons. The van der Waals surface area contributed by atoms with Gasteiger partial charge in [0.1, 0.15) is 0 Å². The summed E-state index contributed by atoms with van der Waals surface area (Å²) in [6.45, 7) is 17.4. The molecule has 21 aromatic rings. The molecule has 0 atom stereocenters. The summed E-state index contributed by atoms with van der Waals surface area (Å²) < 4.78 is 229.